The first-order chi connectivity index (χ1) is 16.4. The van der Waals surface area contributed by atoms with Crippen LogP contribution in [-0.4, -0.2) is 110 Å². The molecule has 0 aromatic carbocycles. The number of hydrogen-bond acceptors (Lipinski definition) is 13. The molecule has 1 saturated carbocycles. The van der Waals surface area contributed by atoms with Crippen LogP contribution in [0, 0.1) is 5.92 Å². The number of phosphoric acid groups is 4. The Balaban J connectivity index is 3.39. The van der Waals surface area contributed by atoms with Crippen LogP contribution in [0.1, 0.15) is 6.42 Å². The van der Waals surface area contributed by atoms with Crippen LogP contribution < -0.4 is 0 Å². The fourth-order valence-electron chi connectivity index (χ4n) is 2.91. The Morgan fingerprint density at radius 1 is 0.649 bits per heavy atom. The summed E-state index contributed by atoms with van der Waals surface area (Å²) in [6.45, 7) is -1.32. The predicted octanol–water partition coefficient (Wildman–Crippen LogP) is -3.17. The molecule has 1 rings (SSSR count). The molecule has 0 spiro atoms. The Bertz CT molecular complexity index is 972. The van der Waals surface area contributed by atoms with Crippen LogP contribution in [0.5, 0.6) is 0 Å². The van der Waals surface area contributed by atoms with Gasteiger partial charge in [-0.15, -0.1) is 0 Å². The number of phosphoric ester groups is 4. The predicted molar refractivity (Wildman–Crippen MR) is 107 cm³/mol. The summed E-state index contributed by atoms with van der Waals surface area (Å²) in [6.07, 6.45) is -17.8. The van der Waals surface area contributed by atoms with Crippen LogP contribution in [-0.2, 0) is 50.5 Å². The van der Waals surface area contributed by atoms with Gasteiger partial charge in [-0.3, -0.25) is 32.2 Å². The molecule has 0 heterocycles. The van der Waals surface area contributed by atoms with Gasteiger partial charge in [-0.25, -0.2) is 18.3 Å². The monoisotopic (exact) mass is 630 g/mol. The molecule has 0 aromatic heterocycles. The minimum Gasteiger partial charge on any atom is -0.481 e. The minimum absolute atomic E-state index is 1.11. The molecule has 6 atom stereocenters. The van der Waals surface area contributed by atoms with Crippen LogP contribution in [0.2, 0.25) is 0 Å². The number of aliphatic hydroxyl groups excluding tert-OH is 2. The number of carbonyl (C=O) groups is 2. The van der Waals surface area contributed by atoms with Gasteiger partial charge in [0.2, 0.25) is 0 Å². The fourth-order valence-corrected chi connectivity index (χ4v) is 5.58. The molecule has 1 aliphatic rings. The van der Waals surface area contributed by atoms with Crippen LogP contribution in [0.15, 0.2) is 0 Å². The molecule has 218 valence electrons. The van der Waals surface area contributed by atoms with Gasteiger partial charge in [-0.2, -0.15) is 0 Å². The first-order valence-corrected chi connectivity index (χ1v) is 15.2. The molecule has 11 N–H and O–H groups in total. The van der Waals surface area contributed by atoms with Gasteiger partial charge in [0.05, 0.1) is 18.9 Å². The van der Waals surface area contributed by atoms with Crippen LogP contribution in [0.4, 0.5) is 0 Å². The van der Waals surface area contributed by atoms with Crippen molar-refractivity contribution in [3.8, 4) is 0 Å². The second kappa shape index (κ2) is 12.6. The Hall–Kier alpha value is -0.700. The number of hydrogen-bond donors (Lipinski definition) is 11. The van der Waals surface area contributed by atoms with Gasteiger partial charge in [0.15, 0.2) is 0 Å². The summed E-state index contributed by atoms with van der Waals surface area (Å²) in [4.78, 5) is 86.0. The molecular weight excluding hydrogens is 608 g/mol. The SMILES string of the molecule is O=C(O)CC(COP(=O)(O)OC1C(O)C(OP(=O)(O)O)C(OP(=O)(O)O)C(OP(=O)(O)O)C1O)C(=O)O. The first-order valence-electron chi connectivity index (χ1n) is 9.11. The summed E-state index contributed by atoms with van der Waals surface area (Å²) in [5.74, 6) is -5.39. The van der Waals surface area contributed by atoms with E-state index in [9.17, 15) is 43.0 Å². The van der Waals surface area contributed by atoms with Crippen molar-refractivity contribution < 1.29 is 105 Å². The van der Waals surface area contributed by atoms with Crippen molar-refractivity contribution in [2.75, 3.05) is 6.61 Å². The van der Waals surface area contributed by atoms with Gasteiger partial charge in [0.1, 0.15) is 36.6 Å². The maximum atomic E-state index is 12.3. The zero-order valence-corrected chi connectivity index (χ0v) is 21.2. The Morgan fingerprint density at radius 3 is 1.35 bits per heavy atom. The number of aliphatic hydroxyl groups is 2. The van der Waals surface area contributed by atoms with E-state index >= 15 is 0 Å². The number of carboxylic acid groups (broad SMARTS) is 2. The second-order valence-corrected chi connectivity index (χ2v) is 12.1. The third-order valence-electron chi connectivity index (χ3n) is 4.24. The molecule has 0 saturated heterocycles. The summed E-state index contributed by atoms with van der Waals surface area (Å²) in [5.41, 5.74) is 0. The number of rotatable bonds is 14. The van der Waals surface area contributed by atoms with Crippen molar-refractivity contribution in [1.82, 2.24) is 0 Å². The minimum atomic E-state index is -5.76. The van der Waals surface area contributed by atoms with E-state index in [1.54, 1.807) is 0 Å². The fraction of sp³-hybridized carbons (Fsp3) is 0.818. The van der Waals surface area contributed by atoms with Crippen LogP contribution in [0.25, 0.3) is 0 Å². The molecule has 0 amide bonds. The Morgan fingerprint density at radius 2 is 1.03 bits per heavy atom. The van der Waals surface area contributed by atoms with E-state index in [1.807, 2.05) is 0 Å². The summed E-state index contributed by atoms with van der Waals surface area (Å²) in [5, 5.41) is 38.4. The number of carboxylic acids is 2. The lowest BCUT2D eigenvalue weighted by Gasteiger charge is -2.45. The van der Waals surface area contributed by atoms with Gasteiger partial charge in [-0.05, 0) is 0 Å². The zero-order chi connectivity index (χ0) is 29.1. The van der Waals surface area contributed by atoms with Crippen LogP contribution >= 0.6 is 31.3 Å². The standard InChI is InChI=1S/C11H22O22P4/c12-4(13)1-3(11(16)17)2-29-37(27,28)33-7-5(14)8(30-34(18,19)20)10(32-36(24,25)26)9(6(7)15)31-35(21,22)23/h3,5-10,14-15H,1-2H2,(H,12,13)(H,16,17)(H,27,28)(H2,18,19,20)(H2,21,22,23)(H2,24,25,26). The highest BCUT2D eigenvalue weighted by atomic mass is 31.2. The lowest BCUT2D eigenvalue weighted by Crippen LogP contribution is -2.65. The van der Waals surface area contributed by atoms with Crippen molar-refractivity contribution in [2.24, 2.45) is 5.92 Å². The zero-order valence-electron chi connectivity index (χ0n) is 17.7. The first kappa shape index (κ1) is 34.3. The maximum Gasteiger partial charge on any atom is 0.472 e. The molecule has 0 aliphatic heterocycles. The molecular formula is C11H22O22P4. The number of aliphatic carboxylic acids is 2. The Labute approximate surface area is 204 Å². The van der Waals surface area contributed by atoms with E-state index in [0.29, 0.717) is 0 Å². The summed E-state index contributed by atoms with van der Waals surface area (Å²) in [7, 11) is -22.9. The van der Waals surface area contributed by atoms with Crippen molar-refractivity contribution in [1.29, 1.82) is 0 Å². The van der Waals surface area contributed by atoms with Crippen molar-refractivity contribution in [2.45, 2.75) is 43.0 Å². The smallest absolute Gasteiger partial charge is 0.472 e. The van der Waals surface area contributed by atoms with E-state index in [-0.39, 0.29) is 0 Å². The lowest BCUT2D eigenvalue weighted by molar-refractivity contribution is -0.209. The van der Waals surface area contributed by atoms with Crippen molar-refractivity contribution in [3.05, 3.63) is 0 Å². The molecule has 6 unspecified atom stereocenters. The third-order valence-corrected chi connectivity index (χ3v) is 6.77. The highest BCUT2D eigenvalue weighted by Crippen LogP contribution is 2.53. The summed E-state index contributed by atoms with van der Waals surface area (Å²) in [6, 6.07) is 0. The summed E-state index contributed by atoms with van der Waals surface area (Å²) < 4.78 is 67.4. The molecule has 22 nitrogen and oxygen atoms in total. The van der Waals surface area contributed by atoms with Gasteiger partial charge in [0.25, 0.3) is 0 Å². The molecule has 1 fully saturated rings. The van der Waals surface area contributed by atoms with Crippen LogP contribution in [0.3, 0.4) is 0 Å². The third kappa shape index (κ3) is 11.9. The van der Waals surface area contributed by atoms with E-state index < -0.39 is 98.8 Å². The van der Waals surface area contributed by atoms with Gasteiger partial charge in [0, 0.05) is 0 Å². The maximum absolute atomic E-state index is 12.3. The van der Waals surface area contributed by atoms with Gasteiger partial charge >= 0.3 is 43.2 Å². The lowest BCUT2D eigenvalue weighted by atomic mass is 9.85. The average molecular weight is 630 g/mol. The largest absolute Gasteiger partial charge is 0.481 e. The highest BCUT2D eigenvalue weighted by Gasteiger charge is 2.58. The molecule has 1 aliphatic carbocycles. The van der Waals surface area contributed by atoms with Gasteiger partial charge < -0.3 is 54.7 Å². The van der Waals surface area contributed by atoms with Crippen molar-refractivity contribution in [3.63, 3.8) is 0 Å². The van der Waals surface area contributed by atoms with Gasteiger partial charge in [-0.1, -0.05) is 0 Å². The van der Waals surface area contributed by atoms with E-state index in [0.717, 1.165) is 0 Å². The topological polar surface area (TPSA) is 371 Å². The molecule has 26 heteroatoms. The van der Waals surface area contributed by atoms with Crippen molar-refractivity contribution >= 4 is 43.2 Å². The molecule has 0 aromatic rings. The van der Waals surface area contributed by atoms with E-state index in [2.05, 4.69) is 22.6 Å². The normalized spacial score (nSPS) is 29.9. The van der Waals surface area contributed by atoms with E-state index in [1.165, 1.54) is 0 Å². The summed E-state index contributed by atoms with van der Waals surface area (Å²) >= 11 is 0. The second-order valence-electron chi connectivity index (χ2n) is 7.13. The molecule has 0 radical (unpaired) electrons. The molecule has 0 bridgehead atoms. The Kier molecular flexibility index (Phi) is 11.7. The average Bonchev–Trinajstić information content (AvgIpc) is 2.65. The highest BCUT2D eigenvalue weighted by molar-refractivity contribution is 7.47. The quantitative estimate of drug-likeness (QED) is 0.0843. The molecule has 37 heavy (non-hydrogen) atoms. The van der Waals surface area contributed by atoms with E-state index in [4.69, 9.17) is 39.6 Å².